The van der Waals surface area contributed by atoms with E-state index in [1.165, 1.54) is 18.4 Å². The second kappa shape index (κ2) is 3.65. The highest BCUT2D eigenvalue weighted by molar-refractivity contribution is 5.50. The summed E-state index contributed by atoms with van der Waals surface area (Å²) in [4.78, 5) is 10.5. The molecule has 0 aliphatic heterocycles. The number of carbonyl (C=O) groups excluding carboxylic acids is 1. The van der Waals surface area contributed by atoms with Gasteiger partial charge in [0.1, 0.15) is 6.29 Å². The summed E-state index contributed by atoms with van der Waals surface area (Å²) >= 11 is 0. The van der Waals surface area contributed by atoms with Gasteiger partial charge < -0.3 is 4.79 Å². The van der Waals surface area contributed by atoms with E-state index in [1.807, 2.05) is 0 Å². The maximum atomic E-state index is 10.5. The summed E-state index contributed by atoms with van der Waals surface area (Å²) in [5.74, 6) is 1.12. The Morgan fingerprint density at radius 1 is 1.54 bits per heavy atom. The van der Waals surface area contributed by atoms with E-state index in [1.54, 1.807) is 0 Å². The molecule has 74 valence electrons. The number of aldehydes is 1. The number of allylic oxidation sites excluding steroid dienone is 1. The highest BCUT2D eigenvalue weighted by Gasteiger charge is 2.38. The Bertz CT molecular complexity index is 215. The highest BCUT2D eigenvalue weighted by atomic mass is 16.1. The molecule has 0 N–H and O–H groups in total. The Kier molecular flexibility index (Phi) is 2.94. The Morgan fingerprint density at radius 3 is 2.62 bits per heavy atom. The molecule has 13 heavy (non-hydrogen) atoms. The van der Waals surface area contributed by atoms with Crippen molar-refractivity contribution >= 4 is 6.29 Å². The lowest BCUT2D eigenvalue weighted by Gasteiger charge is -2.17. The van der Waals surface area contributed by atoms with E-state index in [4.69, 9.17) is 0 Å². The van der Waals surface area contributed by atoms with Crippen molar-refractivity contribution in [2.45, 2.75) is 40.0 Å². The van der Waals surface area contributed by atoms with Gasteiger partial charge in [-0.25, -0.2) is 0 Å². The molecule has 1 saturated carbocycles. The third kappa shape index (κ3) is 2.43. The van der Waals surface area contributed by atoms with Crippen molar-refractivity contribution in [3.05, 3.63) is 12.2 Å². The molecule has 1 heteroatoms. The molecule has 0 heterocycles. The minimum absolute atomic E-state index is 0.400. The third-order valence-corrected chi connectivity index (χ3v) is 3.19. The molecule has 1 aliphatic rings. The summed E-state index contributed by atoms with van der Waals surface area (Å²) in [5, 5.41) is 0. The maximum Gasteiger partial charge on any atom is 0.120 e. The summed E-state index contributed by atoms with van der Waals surface area (Å²) in [6, 6.07) is 0. The monoisotopic (exact) mass is 180 g/mol. The molecular formula is C12H20O. The van der Waals surface area contributed by atoms with E-state index in [9.17, 15) is 4.79 Å². The lowest BCUT2D eigenvalue weighted by molar-refractivity contribution is -0.108. The Morgan fingerprint density at radius 2 is 2.15 bits per heavy atom. The van der Waals surface area contributed by atoms with Crippen molar-refractivity contribution in [3.8, 4) is 0 Å². The molecule has 1 nitrogen and oxygen atoms in total. The molecule has 1 rings (SSSR count). The molecule has 0 radical (unpaired) electrons. The second-order valence-electron chi connectivity index (χ2n) is 5.19. The van der Waals surface area contributed by atoms with Gasteiger partial charge in [-0.2, -0.15) is 0 Å². The van der Waals surface area contributed by atoms with Gasteiger partial charge >= 0.3 is 0 Å². The first-order valence-electron chi connectivity index (χ1n) is 5.05. The summed E-state index contributed by atoms with van der Waals surface area (Å²) < 4.78 is 0. The average Bonchev–Trinajstić information content (AvgIpc) is 2.26. The highest BCUT2D eigenvalue weighted by Crippen LogP contribution is 2.48. The summed E-state index contributed by atoms with van der Waals surface area (Å²) in [5.41, 5.74) is 1.65. The van der Waals surface area contributed by atoms with Crippen LogP contribution in [-0.4, -0.2) is 6.29 Å². The smallest absolute Gasteiger partial charge is 0.120 e. The van der Waals surface area contributed by atoms with Crippen LogP contribution in [0.15, 0.2) is 12.2 Å². The van der Waals surface area contributed by atoms with Crippen LogP contribution in [0.25, 0.3) is 0 Å². The van der Waals surface area contributed by atoms with E-state index < -0.39 is 0 Å². The van der Waals surface area contributed by atoms with Crippen molar-refractivity contribution in [3.63, 3.8) is 0 Å². The summed E-state index contributed by atoms with van der Waals surface area (Å²) in [7, 11) is 0. The molecule has 0 saturated heterocycles. The quantitative estimate of drug-likeness (QED) is 0.481. The van der Waals surface area contributed by atoms with Crippen LogP contribution in [0.3, 0.4) is 0 Å². The maximum absolute atomic E-state index is 10.5. The molecule has 2 unspecified atom stereocenters. The topological polar surface area (TPSA) is 17.1 Å². The predicted octanol–water partition coefficient (Wildman–Crippen LogP) is 3.20. The normalized spacial score (nSPS) is 31.6. The van der Waals surface area contributed by atoms with Crippen LogP contribution >= 0.6 is 0 Å². The van der Waals surface area contributed by atoms with Crippen LogP contribution in [-0.2, 0) is 4.79 Å². The summed E-state index contributed by atoms with van der Waals surface area (Å²) in [6.45, 7) is 10.7. The molecule has 0 aromatic carbocycles. The van der Waals surface area contributed by atoms with Gasteiger partial charge in [0.25, 0.3) is 0 Å². The summed E-state index contributed by atoms with van der Waals surface area (Å²) in [6.07, 6.45) is 4.13. The fraction of sp³-hybridized carbons (Fsp3) is 0.750. The SMILES string of the molecule is C=C(C)C1CC(C)(C)CC1CC=O. The van der Waals surface area contributed by atoms with Gasteiger partial charge in [0.15, 0.2) is 0 Å². The number of hydrogen-bond donors (Lipinski definition) is 0. The van der Waals surface area contributed by atoms with Crippen LogP contribution in [0.5, 0.6) is 0 Å². The molecular weight excluding hydrogens is 160 g/mol. The van der Waals surface area contributed by atoms with Crippen LogP contribution in [0.4, 0.5) is 0 Å². The van der Waals surface area contributed by atoms with Gasteiger partial charge in [0, 0.05) is 6.42 Å². The molecule has 0 spiro atoms. The first-order valence-corrected chi connectivity index (χ1v) is 5.05. The van der Waals surface area contributed by atoms with E-state index >= 15 is 0 Å². The van der Waals surface area contributed by atoms with Gasteiger partial charge in [-0.05, 0) is 37.0 Å². The number of carbonyl (C=O) groups is 1. The van der Waals surface area contributed by atoms with Gasteiger partial charge in [0.05, 0.1) is 0 Å². The molecule has 0 amide bonds. The van der Waals surface area contributed by atoms with Gasteiger partial charge in [0.2, 0.25) is 0 Å². The van der Waals surface area contributed by atoms with E-state index in [0.29, 0.717) is 23.7 Å². The van der Waals surface area contributed by atoms with Crippen LogP contribution in [0.2, 0.25) is 0 Å². The van der Waals surface area contributed by atoms with Crippen molar-refractivity contribution < 1.29 is 4.79 Å². The predicted molar refractivity (Wildman–Crippen MR) is 55.5 cm³/mol. The number of hydrogen-bond acceptors (Lipinski definition) is 1. The van der Waals surface area contributed by atoms with E-state index in [0.717, 1.165) is 6.29 Å². The van der Waals surface area contributed by atoms with Gasteiger partial charge in [-0.15, -0.1) is 0 Å². The second-order valence-corrected chi connectivity index (χ2v) is 5.19. The lowest BCUT2D eigenvalue weighted by atomic mass is 9.88. The lowest BCUT2D eigenvalue weighted by Crippen LogP contribution is -2.08. The molecule has 0 aromatic rings. The number of rotatable bonds is 3. The standard InChI is InChI=1S/C12H20O/c1-9(2)11-8-12(3,4)7-10(11)5-6-13/h6,10-11H,1,5,7-8H2,2-4H3. The molecule has 1 fully saturated rings. The Hall–Kier alpha value is -0.590. The average molecular weight is 180 g/mol. The zero-order chi connectivity index (χ0) is 10.1. The molecule has 0 aromatic heterocycles. The third-order valence-electron chi connectivity index (χ3n) is 3.19. The van der Waals surface area contributed by atoms with Crippen LogP contribution in [0, 0.1) is 17.3 Å². The Labute approximate surface area is 81.2 Å². The zero-order valence-corrected chi connectivity index (χ0v) is 8.97. The van der Waals surface area contributed by atoms with E-state index in [2.05, 4.69) is 27.4 Å². The van der Waals surface area contributed by atoms with Gasteiger partial charge in [-0.1, -0.05) is 26.0 Å². The zero-order valence-electron chi connectivity index (χ0n) is 8.97. The van der Waals surface area contributed by atoms with Gasteiger partial charge in [-0.3, -0.25) is 0 Å². The fourth-order valence-corrected chi connectivity index (χ4v) is 2.65. The largest absolute Gasteiger partial charge is 0.303 e. The van der Waals surface area contributed by atoms with Crippen molar-refractivity contribution in [1.82, 2.24) is 0 Å². The molecule has 0 bridgehead atoms. The molecule has 1 aliphatic carbocycles. The Balaban J connectivity index is 2.71. The van der Waals surface area contributed by atoms with Crippen molar-refractivity contribution in [2.75, 3.05) is 0 Å². The first-order chi connectivity index (χ1) is 5.96. The van der Waals surface area contributed by atoms with Crippen molar-refractivity contribution in [2.24, 2.45) is 17.3 Å². The molecule has 2 atom stereocenters. The van der Waals surface area contributed by atoms with Crippen LogP contribution in [0.1, 0.15) is 40.0 Å². The van der Waals surface area contributed by atoms with Crippen molar-refractivity contribution in [1.29, 1.82) is 0 Å². The minimum atomic E-state index is 0.400. The first kappa shape index (κ1) is 10.5. The fourth-order valence-electron chi connectivity index (χ4n) is 2.65. The minimum Gasteiger partial charge on any atom is -0.303 e. The van der Waals surface area contributed by atoms with E-state index in [-0.39, 0.29) is 0 Å². The van der Waals surface area contributed by atoms with Crippen LogP contribution < -0.4 is 0 Å².